The van der Waals surface area contributed by atoms with Crippen molar-refractivity contribution in [1.82, 2.24) is 0 Å². The minimum atomic E-state index is -0.883. The number of rotatable bonds is 6. The number of carboxylic acid groups (broad SMARTS) is 1. The van der Waals surface area contributed by atoms with E-state index >= 15 is 0 Å². The summed E-state index contributed by atoms with van der Waals surface area (Å²) >= 11 is 0. The topological polar surface area (TPSA) is 55.8 Å². The maximum Gasteiger partial charge on any atom is 0.330 e. The number of carboxylic acids is 1. The highest BCUT2D eigenvalue weighted by molar-refractivity contribution is 5.85. The van der Waals surface area contributed by atoms with Crippen LogP contribution in [0, 0.1) is 0 Å². The van der Waals surface area contributed by atoms with Crippen LogP contribution in [0.15, 0.2) is 11.6 Å². The van der Waals surface area contributed by atoms with Gasteiger partial charge in [-0.1, -0.05) is 6.08 Å². The second-order valence-corrected chi connectivity index (χ2v) is 2.67. The molecule has 76 valence electrons. The normalized spacial score (nSPS) is 12.2. The molecule has 13 heavy (non-hydrogen) atoms. The average molecular weight is 188 g/mol. The highest BCUT2D eigenvalue weighted by Gasteiger charge is 2.04. The Morgan fingerprint density at radius 2 is 2.00 bits per heavy atom. The van der Waals surface area contributed by atoms with Gasteiger partial charge in [-0.25, -0.2) is 4.79 Å². The van der Waals surface area contributed by atoms with E-state index in [0.717, 1.165) is 0 Å². The molecule has 0 atom stereocenters. The van der Waals surface area contributed by atoms with Crippen LogP contribution in [0.5, 0.6) is 0 Å². The van der Waals surface area contributed by atoms with Crippen molar-refractivity contribution in [2.75, 3.05) is 14.2 Å². The number of aliphatic carboxylic acids is 1. The lowest BCUT2D eigenvalue weighted by Crippen LogP contribution is -2.12. The minimum Gasteiger partial charge on any atom is -0.478 e. The molecule has 0 aromatic heterocycles. The molecular formula is C9H16O4. The molecule has 0 saturated carbocycles. The smallest absolute Gasteiger partial charge is 0.330 e. The van der Waals surface area contributed by atoms with Crippen LogP contribution in [0.2, 0.25) is 0 Å². The van der Waals surface area contributed by atoms with Crippen molar-refractivity contribution in [2.45, 2.75) is 26.1 Å². The van der Waals surface area contributed by atoms with E-state index in [0.29, 0.717) is 18.4 Å². The van der Waals surface area contributed by atoms with Gasteiger partial charge in [-0.15, -0.1) is 0 Å². The van der Waals surface area contributed by atoms with Crippen molar-refractivity contribution in [1.29, 1.82) is 0 Å². The molecule has 0 rings (SSSR count). The van der Waals surface area contributed by atoms with Crippen LogP contribution in [0.25, 0.3) is 0 Å². The molecule has 1 N–H and O–H groups in total. The first-order valence-corrected chi connectivity index (χ1v) is 4.07. The molecule has 0 bridgehead atoms. The van der Waals surface area contributed by atoms with E-state index in [2.05, 4.69) is 0 Å². The van der Waals surface area contributed by atoms with Crippen molar-refractivity contribution in [3.63, 3.8) is 0 Å². The monoisotopic (exact) mass is 188 g/mol. The van der Waals surface area contributed by atoms with Gasteiger partial charge in [-0.3, -0.25) is 0 Å². The molecule has 4 heteroatoms. The highest BCUT2D eigenvalue weighted by Crippen LogP contribution is 2.05. The summed E-state index contributed by atoms with van der Waals surface area (Å²) in [6.45, 7) is 1.57. The predicted octanol–water partition coefficient (Wildman–Crippen LogP) is 1.42. The molecule has 0 spiro atoms. The molecule has 0 aliphatic rings. The number of hydrogen-bond donors (Lipinski definition) is 1. The molecule has 0 amide bonds. The second kappa shape index (κ2) is 6.62. The third kappa shape index (κ3) is 5.38. The SMILES string of the molecule is COC(CC/C=C(\C)C(=O)O)OC. The second-order valence-electron chi connectivity index (χ2n) is 2.67. The van der Waals surface area contributed by atoms with Crippen LogP contribution in [0.1, 0.15) is 19.8 Å². The highest BCUT2D eigenvalue weighted by atomic mass is 16.7. The summed E-state index contributed by atoms with van der Waals surface area (Å²) < 4.78 is 9.89. The summed E-state index contributed by atoms with van der Waals surface area (Å²) in [5, 5.41) is 8.53. The standard InChI is InChI=1S/C9H16O4/c1-7(9(10)11)5-4-6-8(12-2)13-3/h5,8H,4,6H2,1-3H3,(H,10,11)/b7-5+. The number of carbonyl (C=O) groups is 1. The van der Waals surface area contributed by atoms with E-state index in [-0.39, 0.29) is 6.29 Å². The lowest BCUT2D eigenvalue weighted by Gasteiger charge is -2.11. The Morgan fingerprint density at radius 1 is 1.46 bits per heavy atom. The van der Waals surface area contributed by atoms with Gasteiger partial charge < -0.3 is 14.6 Å². The Kier molecular flexibility index (Phi) is 6.18. The molecule has 0 fully saturated rings. The quantitative estimate of drug-likeness (QED) is 0.506. The van der Waals surface area contributed by atoms with Gasteiger partial charge in [-0.2, -0.15) is 0 Å². The Balaban J connectivity index is 3.76. The van der Waals surface area contributed by atoms with Crippen molar-refractivity contribution in [2.24, 2.45) is 0 Å². The fraction of sp³-hybridized carbons (Fsp3) is 0.667. The summed E-state index contributed by atoms with van der Waals surface area (Å²) in [7, 11) is 3.11. The minimum absolute atomic E-state index is 0.252. The van der Waals surface area contributed by atoms with Crippen LogP contribution in [0.4, 0.5) is 0 Å². The Bertz CT molecular complexity index is 182. The molecule has 0 aromatic rings. The third-order valence-electron chi connectivity index (χ3n) is 1.72. The fourth-order valence-corrected chi connectivity index (χ4v) is 0.855. The van der Waals surface area contributed by atoms with Gasteiger partial charge in [0, 0.05) is 26.2 Å². The van der Waals surface area contributed by atoms with Gasteiger partial charge in [0.2, 0.25) is 0 Å². The van der Waals surface area contributed by atoms with Crippen molar-refractivity contribution >= 4 is 5.97 Å². The van der Waals surface area contributed by atoms with Gasteiger partial charge in [0.25, 0.3) is 0 Å². The zero-order valence-corrected chi connectivity index (χ0v) is 8.24. The third-order valence-corrected chi connectivity index (χ3v) is 1.72. The summed E-state index contributed by atoms with van der Waals surface area (Å²) in [5.74, 6) is -0.883. The number of allylic oxidation sites excluding steroid dienone is 1. The molecule has 0 heterocycles. The van der Waals surface area contributed by atoms with E-state index in [9.17, 15) is 4.79 Å². The fourth-order valence-electron chi connectivity index (χ4n) is 0.855. The first-order valence-electron chi connectivity index (χ1n) is 4.07. The lowest BCUT2D eigenvalue weighted by molar-refractivity contribution is -0.132. The van der Waals surface area contributed by atoms with Crippen molar-refractivity contribution < 1.29 is 19.4 Å². The van der Waals surface area contributed by atoms with Crippen molar-refractivity contribution in [3.05, 3.63) is 11.6 Å². The average Bonchev–Trinajstić information content (AvgIpc) is 2.12. The zero-order chi connectivity index (χ0) is 10.3. The van der Waals surface area contributed by atoms with Gasteiger partial charge >= 0.3 is 5.97 Å². The van der Waals surface area contributed by atoms with Crippen LogP contribution in [0.3, 0.4) is 0 Å². The van der Waals surface area contributed by atoms with E-state index in [1.807, 2.05) is 0 Å². The summed E-state index contributed by atoms with van der Waals surface area (Å²) in [4.78, 5) is 10.4. The summed E-state index contributed by atoms with van der Waals surface area (Å²) in [6.07, 6.45) is 2.72. The molecule has 0 saturated heterocycles. The van der Waals surface area contributed by atoms with Crippen LogP contribution >= 0.6 is 0 Å². The molecular weight excluding hydrogens is 172 g/mol. The maximum absolute atomic E-state index is 10.4. The Hall–Kier alpha value is -0.870. The van der Waals surface area contributed by atoms with E-state index in [1.54, 1.807) is 27.2 Å². The van der Waals surface area contributed by atoms with Gasteiger partial charge in [0.05, 0.1) is 0 Å². The van der Waals surface area contributed by atoms with Gasteiger partial charge in [0.1, 0.15) is 0 Å². The number of ether oxygens (including phenoxy) is 2. The maximum atomic E-state index is 10.4. The Morgan fingerprint density at radius 3 is 2.38 bits per heavy atom. The van der Waals surface area contributed by atoms with E-state index in [4.69, 9.17) is 14.6 Å². The molecule has 4 nitrogen and oxygen atoms in total. The van der Waals surface area contributed by atoms with Crippen LogP contribution in [-0.2, 0) is 14.3 Å². The van der Waals surface area contributed by atoms with Gasteiger partial charge in [0.15, 0.2) is 6.29 Å². The molecule has 0 unspecified atom stereocenters. The Labute approximate surface area is 78.2 Å². The number of methoxy groups -OCH3 is 2. The summed E-state index contributed by atoms with van der Waals surface area (Å²) in [6, 6.07) is 0. The summed E-state index contributed by atoms with van der Waals surface area (Å²) in [5.41, 5.74) is 0.353. The first-order chi connectivity index (χ1) is 6.11. The van der Waals surface area contributed by atoms with Gasteiger partial charge in [-0.05, 0) is 13.3 Å². The lowest BCUT2D eigenvalue weighted by atomic mass is 10.2. The predicted molar refractivity (Wildman–Crippen MR) is 48.4 cm³/mol. The van der Waals surface area contributed by atoms with Crippen LogP contribution < -0.4 is 0 Å². The van der Waals surface area contributed by atoms with Crippen LogP contribution in [-0.4, -0.2) is 31.6 Å². The molecule has 0 radical (unpaired) electrons. The van der Waals surface area contributed by atoms with E-state index in [1.165, 1.54) is 0 Å². The number of hydrogen-bond acceptors (Lipinski definition) is 3. The first kappa shape index (κ1) is 12.1. The van der Waals surface area contributed by atoms with Crippen molar-refractivity contribution in [3.8, 4) is 0 Å². The van der Waals surface area contributed by atoms with E-state index < -0.39 is 5.97 Å². The zero-order valence-electron chi connectivity index (χ0n) is 8.24. The molecule has 0 aliphatic carbocycles. The molecule has 0 aliphatic heterocycles. The molecule has 0 aromatic carbocycles. The largest absolute Gasteiger partial charge is 0.478 e.